The zero-order valence-corrected chi connectivity index (χ0v) is 19.3. The summed E-state index contributed by atoms with van der Waals surface area (Å²) in [5, 5.41) is 13.1. The molecule has 0 atom stereocenters. The highest BCUT2D eigenvalue weighted by molar-refractivity contribution is 9.11. The van der Waals surface area contributed by atoms with Crippen LogP contribution in [-0.2, 0) is 6.61 Å². The van der Waals surface area contributed by atoms with Crippen LogP contribution in [0.3, 0.4) is 0 Å². The summed E-state index contributed by atoms with van der Waals surface area (Å²) in [5.41, 5.74) is 2.64. The van der Waals surface area contributed by atoms with Crippen LogP contribution in [0, 0.1) is 10.1 Å². The largest absolute Gasteiger partial charge is 0.487 e. The number of hydrogen-bond acceptors (Lipinski definition) is 4. The van der Waals surface area contributed by atoms with E-state index in [1.807, 2.05) is 30.3 Å². The molecule has 0 spiro atoms. The Bertz CT molecular complexity index is 1260. The summed E-state index contributed by atoms with van der Waals surface area (Å²) >= 11 is 7.16. The molecule has 0 aliphatic carbocycles. The van der Waals surface area contributed by atoms with Crippen LogP contribution in [-0.4, -0.2) is 11.1 Å². The Balaban J connectivity index is 1.51. The third kappa shape index (κ3) is 5.00. The van der Waals surface area contributed by atoms with Gasteiger partial charge in [-0.25, -0.2) is 0 Å². The molecule has 0 N–H and O–H groups in total. The van der Waals surface area contributed by atoms with Crippen LogP contribution in [0.2, 0.25) is 0 Å². The van der Waals surface area contributed by atoms with Crippen molar-refractivity contribution in [1.29, 1.82) is 0 Å². The van der Waals surface area contributed by atoms with Crippen LogP contribution in [0.15, 0.2) is 92.8 Å². The number of fused-ring (bicyclic) bond motifs is 1. The van der Waals surface area contributed by atoms with Crippen molar-refractivity contribution >= 4 is 60.2 Å². The molecular formula is C24H16Br2N2O3. The van der Waals surface area contributed by atoms with Crippen molar-refractivity contribution < 1.29 is 9.66 Å². The lowest BCUT2D eigenvalue weighted by Crippen LogP contribution is -1.98. The molecule has 4 rings (SSSR count). The van der Waals surface area contributed by atoms with Gasteiger partial charge in [-0.05, 0) is 78.0 Å². The zero-order valence-electron chi connectivity index (χ0n) is 16.2. The van der Waals surface area contributed by atoms with Crippen molar-refractivity contribution in [3.63, 3.8) is 0 Å². The number of halogens is 2. The number of rotatable bonds is 6. The van der Waals surface area contributed by atoms with Gasteiger partial charge in [-0.3, -0.25) is 15.1 Å². The summed E-state index contributed by atoms with van der Waals surface area (Å²) in [6, 6.07) is 24.3. The van der Waals surface area contributed by atoms with Gasteiger partial charge in [-0.2, -0.15) is 0 Å². The van der Waals surface area contributed by atoms with E-state index in [0.29, 0.717) is 18.0 Å². The first-order chi connectivity index (χ1) is 15.0. The Morgan fingerprint density at radius 1 is 0.935 bits per heavy atom. The first-order valence-electron chi connectivity index (χ1n) is 9.38. The number of hydrogen-bond donors (Lipinski definition) is 0. The fourth-order valence-corrected chi connectivity index (χ4v) is 4.62. The van der Waals surface area contributed by atoms with Gasteiger partial charge in [0.1, 0.15) is 12.4 Å². The molecule has 0 aliphatic rings. The first-order valence-corrected chi connectivity index (χ1v) is 11.0. The topological polar surface area (TPSA) is 64.7 Å². The SMILES string of the molecule is O=[N+]([O-])c1ccc(N=Cc2cc(Br)c(OCc3cccc4ccccc34)c(Br)c2)cc1. The summed E-state index contributed by atoms with van der Waals surface area (Å²) in [6.07, 6.45) is 1.70. The van der Waals surface area contributed by atoms with Crippen LogP contribution in [0.1, 0.15) is 11.1 Å². The maximum absolute atomic E-state index is 10.8. The second-order valence-corrected chi connectivity index (χ2v) is 8.48. The van der Waals surface area contributed by atoms with Crippen LogP contribution in [0.4, 0.5) is 11.4 Å². The molecule has 0 aromatic heterocycles. The second kappa shape index (κ2) is 9.41. The maximum Gasteiger partial charge on any atom is 0.269 e. The molecule has 0 radical (unpaired) electrons. The highest BCUT2D eigenvalue weighted by Gasteiger charge is 2.10. The molecule has 4 aromatic carbocycles. The molecule has 0 bridgehead atoms. The van der Waals surface area contributed by atoms with Crippen molar-refractivity contribution in [1.82, 2.24) is 0 Å². The lowest BCUT2D eigenvalue weighted by atomic mass is 10.1. The monoisotopic (exact) mass is 538 g/mol. The number of nitro groups is 1. The fourth-order valence-electron chi connectivity index (χ4n) is 3.17. The van der Waals surface area contributed by atoms with Crippen LogP contribution in [0.25, 0.3) is 10.8 Å². The first kappa shape index (κ1) is 21.2. The fraction of sp³-hybridized carbons (Fsp3) is 0.0417. The summed E-state index contributed by atoms with van der Waals surface area (Å²) in [4.78, 5) is 14.7. The molecule has 0 amide bonds. The molecule has 0 saturated carbocycles. The van der Waals surface area contributed by atoms with Gasteiger partial charge < -0.3 is 4.74 Å². The molecule has 0 saturated heterocycles. The molecule has 0 fully saturated rings. The molecule has 154 valence electrons. The third-order valence-corrected chi connectivity index (χ3v) is 5.87. The summed E-state index contributed by atoms with van der Waals surface area (Å²) in [6.45, 7) is 0.439. The van der Waals surface area contributed by atoms with E-state index in [2.05, 4.69) is 61.1 Å². The van der Waals surface area contributed by atoms with Gasteiger partial charge in [0.2, 0.25) is 0 Å². The van der Waals surface area contributed by atoms with E-state index in [-0.39, 0.29) is 5.69 Å². The van der Waals surface area contributed by atoms with Crippen LogP contribution < -0.4 is 4.74 Å². The van der Waals surface area contributed by atoms with Crippen molar-refractivity contribution in [2.75, 3.05) is 0 Å². The van der Waals surface area contributed by atoms with Crippen molar-refractivity contribution in [3.8, 4) is 5.75 Å². The van der Waals surface area contributed by atoms with E-state index in [1.165, 1.54) is 22.9 Å². The average Bonchev–Trinajstić information content (AvgIpc) is 2.77. The molecule has 31 heavy (non-hydrogen) atoms. The summed E-state index contributed by atoms with van der Waals surface area (Å²) in [5.74, 6) is 0.709. The molecule has 5 nitrogen and oxygen atoms in total. The van der Waals surface area contributed by atoms with Crippen molar-refractivity contribution in [2.24, 2.45) is 4.99 Å². The van der Waals surface area contributed by atoms with E-state index in [9.17, 15) is 10.1 Å². The van der Waals surface area contributed by atoms with Gasteiger partial charge in [-0.1, -0.05) is 42.5 Å². The Hall–Kier alpha value is -3.03. The van der Waals surface area contributed by atoms with E-state index in [4.69, 9.17) is 4.74 Å². The minimum atomic E-state index is -0.432. The molecule has 7 heteroatoms. The normalized spacial score (nSPS) is 11.2. The quantitative estimate of drug-likeness (QED) is 0.144. The number of nitro benzene ring substituents is 1. The Morgan fingerprint density at radius 2 is 1.61 bits per heavy atom. The zero-order chi connectivity index (χ0) is 21.8. The Morgan fingerprint density at radius 3 is 2.32 bits per heavy atom. The van der Waals surface area contributed by atoms with Crippen LogP contribution >= 0.6 is 31.9 Å². The standard InChI is InChI=1S/C24H16Br2N2O3/c25-22-12-16(14-27-19-8-10-20(11-9-19)28(29)30)13-23(26)24(22)31-15-18-6-3-5-17-4-1-2-7-21(17)18/h1-14H,15H2. The smallest absolute Gasteiger partial charge is 0.269 e. The number of benzene rings is 4. The maximum atomic E-state index is 10.8. The Labute approximate surface area is 195 Å². The predicted molar refractivity (Wildman–Crippen MR) is 130 cm³/mol. The second-order valence-electron chi connectivity index (χ2n) is 6.77. The number of ether oxygens (including phenoxy) is 1. The van der Waals surface area contributed by atoms with Crippen LogP contribution in [0.5, 0.6) is 5.75 Å². The van der Waals surface area contributed by atoms with Gasteiger partial charge in [0.15, 0.2) is 0 Å². The Kier molecular flexibility index (Phi) is 6.44. The molecular weight excluding hydrogens is 524 g/mol. The predicted octanol–water partition coefficient (Wildman–Crippen LogP) is 7.60. The van der Waals surface area contributed by atoms with Gasteiger partial charge in [0, 0.05) is 18.3 Å². The minimum Gasteiger partial charge on any atom is -0.487 e. The van der Waals surface area contributed by atoms with Gasteiger partial charge in [0.25, 0.3) is 5.69 Å². The van der Waals surface area contributed by atoms with E-state index >= 15 is 0 Å². The lowest BCUT2D eigenvalue weighted by Gasteiger charge is -2.13. The van der Waals surface area contributed by atoms with Crippen molar-refractivity contribution in [3.05, 3.63) is 109 Å². The number of nitrogens with zero attached hydrogens (tertiary/aromatic N) is 2. The summed E-state index contributed by atoms with van der Waals surface area (Å²) < 4.78 is 7.71. The minimum absolute atomic E-state index is 0.0390. The highest BCUT2D eigenvalue weighted by Crippen LogP contribution is 2.35. The lowest BCUT2D eigenvalue weighted by molar-refractivity contribution is -0.384. The van der Waals surface area contributed by atoms with Gasteiger partial charge in [-0.15, -0.1) is 0 Å². The number of non-ortho nitro benzene ring substituents is 1. The van der Waals surface area contributed by atoms with E-state index in [0.717, 1.165) is 20.1 Å². The average molecular weight is 540 g/mol. The van der Waals surface area contributed by atoms with E-state index in [1.54, 1.807) is 18.3 Å². The van der Waals surface area contributed by atoms with Gasteiger partial charge >= 0.3 is 0 Å². The van der Waals surface area contributed by atoms with E-state index < -0.39 is 4.92 Å². The van der Waals surface area contributed by atoms with Crippen molar-refractivity contribution in [2.45, 2.75) is 6.61 Å². The molecule has 4 aromatic rings. The highest BCUT2D eigenvalue weighted by atomic mass is 79.9. The molecule has 0 aliphatic heterocycles. The third-order valence-electron chi connectivity index (χ3n) is 4.70. The van der Waals surface area contributed by atoms with Gasteiger partial charge in [0.05, 0.1) is 19.6 Å². The summed E-state index contributed by atoms with van der Waals surface area (Å²) in [7, 11) is 0. The molecule has 0 unspecified atom stereocenters. The molecule has 0 heterocycles. The number of aliphatic imine (C=N–C) groups is 1.